The van der Waals surface area contributed by atoms with Crippen molar-refractivity contribution in [2.45, 2.75) is 19.3 Å². The van der Waals surface area contributed by atoms with E-state index in [0.29, 0.717) is 30.4 Å². The number of methoxy groups -OCH3 is 4. The number of likely N-dealkylation sites (N-methyl/N-ethyl adjacent to an activating group) is 1. The third-order valence-corrected chi connectivity index (χ3v) is 6.19. The van der Waals surface area contributed by atoms with E-state index in [9.17, 15) is 4.79 Å². The highest BCUT2D eigenvalue weighted by molar-refractivity contribution is 5.84. The summed E-state index contributed by atoms with van der Waals surface area (Å²) < 4.78 is 21.5. The second-order valence-electron chi connectivity index (χ2n) is 8.65. The molecule has 35 heavy (non-hydrogen) atoms. The van der Waals surface area contributed by atoms with Crippen LogP contribution in [0.1, 0.15) is 29.5 Å². The Morgan fingerprint density at radius 2 is 1.60 bits per heavy atom. The number of benzene rings is 2. The van der Waals surface area contributed by atoms with Gasteiger partial charge < -0.3 is 28.7 Å². The maximum atomic E-state index is 12.8. The van der Waals surface area contributed by atoms with Crippen LogP contribution in [-0.2, 0) is 11.2 Å². The van der Waals surface area contributed by atoms with E-state index in [-0.39, 0.29) is 5.91 Å². The predicted molar refractivity (Wildman–Crippen MR) is 139 cm³/mol. The SMILES string of the molecule is COc1ccc([C@@H](C)CN(C)CC=CCN2C=Cc3cc(OC)c(OC)cc3CC2=O)cc1OC. The first kappa shape index (κ1) is 26.2. The van der Waals surface area contributed by atoms with Gasteiger partial charge in [-0.1, -0.05) is 25.1 Å². The molecule has 0 N–H and O–H groups in total. The van der Waals surface area contributed by atoms with Gasteiger partial charge in [0, 0.05) is 25.8 Å². The number of hydrogen-bond donors (Lipinski definition) is 0. The summed E-state index contributed by atoms with van der Waals surface area (Å²) in [4.78, 5) is 16.8. The maximum absolute atomic E-state index is 12.8. The molecule has 0 saturated carbocycles. The largest absolute Gasteiger partial charge is 0.493 e. The number of ether oxygens (including phenoxy) is 4. The second kappa shape index (κ2) is 12.3. The monoisotopic (exact) mass is 480 g/mol. The Bertz CT molecular complexity index is 1080. The summed E-state index contributed by atoms with van der Waals surface area (Å²) in [7, 11) is 8.60. The van der Waals surface area contributed by atoms with Crippen LogP contribution in [0.3, 0.4) is 0 Å². The van der Waals surface area contributed by atoms with E-state index in [1.54, 1.807) is 33.3 Å². The van der Waals surface area contributed by atoms with Crippen LogP contribution < -0.4 is 18.9 Å². The highest BCUT2D eigenvalue weighted by atomic mass is 16.5. The molecule has 1 aliphatic rings. The summed E-state index contributed by atoms with van der Waals surface area (Å²) >= 11 is 0. The first-order valence-corrected chi connectivity index (χ1v) is 11.7. The lowest BCUT2D eigenvalue weighted by Crippen LogP contribution is -2.27. The van der Waals surface area contributed by atoms with Gasteiger partial charge in [-0.3, -0.25) is 4.79 Å². The van der Waals surface area contributed by atoms with Crippen molar-refractivity contribution in [3.63, 3.8) is 0 Å². The molecule has 188 valence electrons. The average molecular weight is 481 g/mol. The van der Waals surface area contributed by atoms with Crippen LogP contribution >= 0.6 is 0 Å². The van der Waals surface area contributed by atoms with Gasteiger partial charge >= 0.3 is 0 Å². The lowest BCUT2D eigenvalue weighted by Gasteiger charge is -2.21. The summed E-state index contributed by atoms with van der Waals surface area (Å²) in [6.45, 7) is 4.40. The highest BCUT2D eigenvalue weighted by Gasteiger charge is 2.19. The fraction of sp³-hybridized carbons (Fsp3) is 0.393. The average Bonchev–Trinajstić information content (AvgIpc) is 3.02. The van der Waals surface area contributed by atoms with Crippen LogP contribution in [0, 0.1) is 0 Å². The lowest BCUT2D eigenvalue weighted by atomic mass is 10.00. The Labute approximate surface area is 208 Å². The molecule has 0 spiro atoms. The van der Waals surface area contributed by atoms with Gasteiger partial charge in [-0.2, -0.15) is 0 Å². The van der Waals surface area contributed by atoms with Gasteiger partial charge in [0.15, 0.2) is 23.0 Å². The Morgan fingerprint density at radius 3 is 2.29 bits per heavy atom. The van der Waals surface area contributed by atoms with Gasteiger partial charge in [0.25, 0.3) is 0 Å². The number of amides is 1. The van der Waals surface area contributed by atoms with E-state index in [4.69, 9.17) is 18.9 Å². The van der Waals surface area contributed by atoms with Gasteiger partial charge in [0.2, 0.25) is 5.91 Å². The van der Waals surface area contributed by atoms with E-state index in [0.717, 1.165) is 35.7 Å². The van der Waals surface area contributed by atoms with Crippen molar-refractivity contribution < 1.29 is 23.7 Å². The third kappa shape index (κ3) is 6.57. The Morgan fingerprint density at radius 1 is 0.943 bits per heavy atom. The van der Waals surface area contributed by atoms with Gasteiger partial charge in [-0.05, 0) is 60.0 Å². The zero-order chi connectivity index (χ0) is 25.4. The van der Waals surface area contributed by atoms with Gasteiger partial charge in [0.05, 0.1) is 34.9 Å². The molecule has 0 bridgehead atoms. The zero-order valence-electron chi connectivity index (χ0n) is 21.5. The van der Waals surface area contributed by atoms with E-state index >= 15 is 0 Å². The summed E-state index contributed by atoms with van der Waals surface area (Å²) in [5.74, 6) is 3.14. The molecule has 1 aliphatic heterocycles. The lowest BCUT2D eigenvalue weighted by molar-refractivity contribution is -0.127. The minimum atomic E-state index is 0.0484. The van der Waals surface area contributed by atoms with Crippen LogP contribution in [0.4, 0.5) is 0 Å². The molecule has 0 saturated heterocycles. The molecule has 1 atom stereocenters. The molecule has 7 heteroatoms. The van der Waals surface area contributed by atoms with Crippen LogP contribution in [0.15, 0.2) is 48.7 Å². The molecule has 0 radical (unpaired) electrons. The summed E-state index contributed by atoms with van der Waals surface area (Å²) in [6, 6.07) is 9.85. The number of carbonyl (C=O) groups excluding carboxylic acids is 1. The molecule has 1 heterocycles. The van der Waals surface area contributed by atoms with Crippen molar-refractivity contribution in [3.8, 4) is 23.0 Å². The van der Waals surface area contributed by atoms with Crippen LogP contribution in [-0.4, -0.2) is 70.8 Å². The van der Waals surface area contributed by atoms with Gasteiger partial charge in [-0.15, -0.1) is 0 Å². The first-order valence-electron chi connectivity index (χ1n) is 11.7. The molecule has 0 fully saturated rings. The maximum Gasteiger partial charge on any atom is 0.231 e. The van der Waals surface area contributed by atoms with Crippen molar-refractivity contribution in [1.29, 1.82) is 0 Å². The Balaban J connectivity index is 1.54. The third-order valence-electron chi connectivity index (χ3n) is 6.19. The molecule has 2 aromatic rings. The van der Waals surface area contributed by atoms with Crippen LogP contribution in [0.25, 0.3) is 6.08 Å². The predicted octanol–water partition coefficient (Wildman–Crippen LogP) is 4.37. The van der Waals surface area contributed by atoms with Crippen molar-refractivity contribution in [2.24, 2.45) is 0 Å². The van der Waals surface area contributed by atoms with E-state index in [2.05, 4.69) is 31.0 Å². The Hall–Kier alpha value is -3.45. The van der Waals surface area contributed by atoms with Gasteiger partial charge in [-0.25, -0.2) is 0 Å². The summed E-state index contributed by atoms with van der Waals surface area (Å²) in [5.41, 5.74) is 3.09. The number of hydrogen-bond acceptors (Lipinski definition) is 6. The van der Waals surface area contributed by atoms with E-state index in [1.165, 1.54) is 5.56 Å². The van der Waals surface area contributed by atoms with Crippen LogP contribution in [0.5, 0.6) is 23.0 Å². The fourth-order valence-corrected chi connectivity index (χ4v) is 4.17. The number of rotatable bonds is 11. The standard InChI is InChI=1S/C28H36N2O5/c1-20(21-9-10-24(32-3)25(15-21)33-4)19-29(2)12-7-8-13-30-14-11-22-16-26(34-5)27(35-6)17-23(22)18-28(30)31/h7-11,14-17,20H,12-13,18-19H2,1-6H3/t20-/m0/s1. The van der Waals surface area contributed by atoms with Gasteiger partial charge in [0.1, 0.15) is 0 Å². The summed E-state index contributed by atoms with van der Waals surface area (Å²) in [6.07, 6.45) is 8.25. The molecular formula is C28H36N2O5. The molecule has 3 rings (SSSR count). The smallest absolute Gasteiger partial charge is 0.231 e. The molecule has 0 aliphatic carbocycles. The molecule has 2 aromatic carbocycles. The normalized spacial score (nSPS) is 14.1. The van der Waals surface area contributed by atoms with Crippen molar-refractivity contribution in [3.05, 3.63) is 65.4 Å². The minimum absolute atomic E-state index is 0.0484. The minimum Gasteiger partial charge on any atom is -0.493 e. The summed E-state index contributed by atoms with van der Waals surface area (Å²) in [5, 5.41) is 0. The number of fused-ring (bicyclic) bond motifs is 1. The number of carbonyl (C=O) groups is 1. The molecule has 0 aromatic heterocycles. The Kier molecular flexibility index (Phi) is 9.20. The number of nitrogens with zero attached hydrogens (tertiary/aromatic N) is 2. The molecule has 0 unspecified atom stereocenters. The molecular weight excluding hydrogens is 444 g/mol. The van der Waals surface area contributed by atoms with Crippen molar-refractivity contribution >= 4 is 12.0 Å². The first-order chi connectivity index (χ1) is 16.9. The van der Waals surface area contributed by atoms with Crippen LogP contribution in [0.2, 0.25) is 0 Å². The highest BCUT2D eigenvalue weighted by Crippen LogP contribution is 2.33. The van der Waals surface area contributed by atoms with E-state index < -0.39 is 0 Å². The van der Waals surface area contributed by atoms with E-state index in [1.807, 2.05) is 42.6 Å². The topological polar surface area (TPSA) is 60.5 Å². The van der Waals surface area contributed by atoms with Crippen molar-refractivity contribution in [1.82, 2.24) is 9.80 Å². The second-order valence-corrected chi connectivity index (χ2v) is 8.65. The molecule has 1 amide bonds. The molecule has 7 nitrogen and oxygen atoms in total. The quantitative estimate of drug-likeness (QED) is 0.445. The van der Waals surface area contributed by atoms with Crippen molar-refractivity contribution in [2.75, 3.05) is 55.1 Å². The fourth-order valence-electron chi connectivity index (χ4n) is 4.17. The zero-order valence-corrected chi connectivity index (χ0v) is 21.5.